The number of methoxy groups -OCH3 is 1. The van der Waals surface area contributed by atoms with Crippen molar-refractivity contribution in [3.05, 3.63) is 71.1 Å². The van der Waals surface area contributed by atoms with E-state index in [-0.39, 0.29) is 11.9 Å². The first kappa shape index (κ1) is 19.9. The lowest BCUT2D eigenvalue weighted by Crippen LogP contribution is -2.33. The van der Waals surface area contributed by atoms with Crippen molar-refractivity contribution in [2.24, 2.45) is 0 Å². The van der Waals surface area contributed by atoms with Gasteiger partial charge in [-0.25, -0.2) is 4.98 Å². The van der Waals surface area contributed by atoms with Gasteiger partial charge in [-0.1, -0.05) is 29.8 Å². The van der Waals surface area contributed by atoms with Crippen molar-refractivity contribution in [3.8, 4) is 5.75 Å². The number of carbonyl (C=O) groups excluding carboxylic acids is 1. The van der Waals surface area contributed by atoms with Crippen LogP contribution in [0.4, 0.5) is 0 Å². The second kappa shape index (κ2) is 8.91. The lowest BCUT2D eigenvalue weighted by atomic mass is 10.1. The van der Waals surface area contributed by atoms with Crippen LogP contribution in [0.5, 0.6) is 5.75 Å². The molecule has 0 unspecified atom stereocenters. The molecule has 1 amide bonds. The number of ether oxygens (including phenoxy) is 1. The summed E-state index contributed by atoms with van der Waals surface area (Å²) in [6.07, 6.45) is 5.01. The van der Waals surface area contributed by atoms with E-state index in [1.165, 1.54) is 6.08 Å². The van der Waals surface area contributed by atoms with Gasteiger partial charge in [0.2, 0.25) is 5.91 Å². The Bertz CT molecular complexity index is 980. The Hall–Kier alpha value is -2.83. The molecule has 2 heterocycles. The maximum atomic E-state index is 12.3. The first-order chi connectivity index (χ1) is 13.5. The summed E-state index contributed by atoms with van der Waals surface area (Å²) in [6.45, 7) is 0.476. The molecule has 3 rings (SSSR count). The number of halogens is 1. The molecule has 1 N–H and O–H groups in total. The summed E-state index contributed by atoms with van der Waals surface area (Å²) in [7, 11) is 5.60. The second-order valence-corrected chi connectivity index (χ2v) is 6.91. The molecule has 28 heavy (non-hydrogen) atoms. The van der Waals surface area contributed by atoms with Gasteiger partial charge in [-0.05, 0) is 50.0 Å². The van der Waals surface area contributed by atoms with Gasteiger partial charge in [-0.3, -0.25) is 9.20 Å². The summed E-state index contributed by atoms with van der Waals surface area (Å²) in [5, 5.41) is 3.31. The molecule has 0 spiro atoms. The van der Waals surface area contributed by atoms with E-state index >= 15 is 0 Å². The number of rotatable bonds is 7. The van der Waals surface area contributed by atoms with Crippen LogP contribution >= 0.6 is 11.6 Å². The third-order valence-corrected chi connectivity index (χ3v) is 4.79. The smallest absolute Gasteiger partial charge is 0.244 e. The molecule has 0 saturated carbocycles. The number of amides is 1. The number of hydrogen-bond acceptors (Lipinski definition) is 4. The van der Waals surface area contributed by atoms with E-state index < -0.39 is 0 Å². The van der Waals surface area contributed by atoms with Crippen molar-refractivity contribution < 1.29 is 9.53 Å². The van der Waals surface area contributed by atoms with Gasteiger partial charge >= 0.3 is 0 Å². The first-order valence-corrected chi connectivity index (χ1v) is 9.26. The van der Waals surface area contributed by atoms with E-state index in [0.717, 1.165) is 17.0 Å². The van der Waals surface area contributed by atoms with Crippen molar-refractivity contribution in [1.82, 2.24) is 19.6 Å². The fraction of sp³-hybridized carbons (Fsp3) is 0.238. The number of imidazole rings is 1. The van der Waals surface area contributed by atoms with Crippen molar-refractivity contribution in [2.75, 3.05) is 27.7 Å². The molecule has 7 heteroatoms. The quantitative estimate of drug-likeness (QED) is 0.619. The molecule has 0 aliphatic carbocycles. The number of fused-ring (bicyclic) bond motifs is 1. The minimum atomic E-state index is -0.192. The summed E-state index contributed by atoms with van der Waals surface area (Å²) in [5.41, 5.74) is 2.51. The molecular formula is C21H23ClN4O2. The van der Waals surface area contributed by atoms with Crippen LogP contribution in [0.25, 0.3) is 11.7 Å². The van der Waals surface area contributed by atoms with Gasteiger partial charge in [-0.2, -0.15) is 0 Å². The Labute approximate surface area is 169 Å². The molecule has 6 nitrogen and oxygen atoms in total. The number of hydrogen-bond donors (Lipinski definition) is 1. The minimum absolute atomic E-state index is 0.0441. The largest absolute Gasteiger partial charge is 0.497 e. The molecule has 3 aromatic rings. The lowest BCUT2D eigenvalue weighted by molar-refractivity contribution is -0.116. The predicted molar refractivity (Wildman–Crippen MR) is 112 cm³/mol. The van der Waals surface area contributed by atoms with E-state index in [1.807, 2.05) is 67.2 Å². The highest BCUT2D eigenvalue weighted by atomic mass is 35.5. The zero-order valence-corrected chi connectivity index (χ0v) is 16.8. The second-order valence-electron chi connectivity index (χ2n) is 6.55. The highest BCUT2D eigenvalue weighted by Crippen LogP contribution is 2.21. The fourth-order valence-electron chi connectivity index (χ4n) is 2.97. The zero-order valence-electron chi connectivity index (χ0n) is 16.1. The molecule has 2 aromatic heterocycles. The third kappa shape index (κ3) is 4.52. The molecule has 0 saturated heterocycles. The Morgan fingerprint density at radius 1 is 1.29 bits per heavy atom. The van der Waals surface area contributed by atoms with Gasteiger partial charge in [0.25, 0.3) is 0 Å². The van der Waals surface area contributed by atoms with Gasteiger partial charge in [0, 0.05) is 18.8 Å². The van der Waals surface area contributed by atoms with Gasteiger partial charge < -0.3 is 15.0 Å². The molecule has 1 aromatic carbocycles. The summed E-state index contributed by atoms with van der Waals surface area (Å²) < 4.78 is 7.04. The van der Waals surface area contributed by atoms with Crippen LogP contribution in [0.3, 0.4) is 0 Å². The highest BCUT2D eigenvalue weighted by Gasteiger charge is 2.15. The number of nitrogens with zero attached hydrogens (tertiary/aromatic N) is 3. The molecule has 0 radical (unpaired) electrons. The Morgan fingerprint density at radius 3 is 2.71 bits per heavy atom. The van der Waals surface area contributed by atoms with Crippen LogP contribution in [0.15, 0.2) is 54.7 Å². The first-order valence-electron chi connectivity index (χ1n) is 8.88. The summed E-state index contributed by atoms with van der Waals surface area (Å²) >= 11 is 6.19. The van der Waals surface area contributed by atoms with Crippen molar-refractivity contribution >= 4 is 29.2 Å². The lowest BCUT2D eigenvalue weighted by Gasteiger charge is -2.25. The number of carbonyl (C=O) groups is 1. The van der Waals surface area contributed by atoms with Crippen LogP contribution < -0.4 is 10.1 Å². The Balaban J connectivity index is 1.67. The third-order valence-electron chi connectivity index (χ3n) is 4.51. The average molecular weight is 399 g/mol. The summed E-state index contributed by atoms with van der Waals surface area (Å²) in [4.78, 5) is 18.7. The summed E-state index contributed by atoms with van der Waals surface area (Å²) in [5.74, 6) is 0.612. The molecule has 0 bridgehead atoms. The number of aromatic nitrogens is 2. The topological polar surface area (TPSA) is 58.9 Å². The van der Waals surface area contributed by atoms with E-state index in [1.54, 1.807) is 13.2 Å². The number of pyridine rings is 1. The summed E-state index contributed by atoms with van der Waals surface area (Å²) in [6, 6.07) is 13.5. The van der Waals surface area contributed by atoms with Crippen molar-refractivity contribution in [2.45, 2.75) is 6.04 Å². The fourth-order valence-corrected chi connectivity index (χ4v) is 3.21. The predicted octanol–water partition coefficient (Wildman–Crippen LogP) is 3.43. The maximum absolute atomic E-state index is 12.3. The molecule has 1 atom stereocenters. The number of nitrogens with one attached hydrogen (secondary N) is 1. The minimum Gasteiger partial charge on any atom is -0.497 e. The van der Waals surface area contributed by atoms with Crippen LogP contribution in [0.1, 0.15) is 17.3 Å². The van der Waals surface area contributed by atoms with Crippen LogP contribution in [0.2, 0.25) is 5.15 Å². The van der Waals surface area contributed by atoms with Gasteiger partial charge in [0.1, 0.15) is 11.4 Å². The van der Waals surface area contributed by atoms with E-state index in [4.69, 9.17) is 16.3 Å². The standard InChI is InChI=1S/C21H23ClN4O2/c1-25(2)18(15-7-9-16(28-3)10-8-15)14-23-20(27)12-11-17-21(22)24-19-6-4-5-13-26(17)19/h4-13,18H,14H2,1-3H3,(H,23,27)/b12-11+/t18-/m1/s1. The molecule has 0 fully saturated rings. The average Bonchev–Trinajstić information content (AvgIpc) is 3.01. The van der Waals surface area contributed by atoms with Crippen LogP contribution in [-0.4, -0.2) is 47.9 Å². The zero-order chi connectivity index (χ0) is 20.1. The normalized spacial score (nSPS) is 12.6. The van der Waals surface area contributed by atoms with Gasteiger partial charge in [-0.15, -0.1) is 0 Å². The molecule has 146 valence electrons. The van der Waals surface area contributed by atoms with Crippen molar-refractivity contribution in [1.29, 1.82) is 0 Å². The monoisotopic (exact) mass is 398 g/mol. The Kier molecular flexibility index (Phi) is 6.34. The van der Waals surface area contributed by atoms with Crippen LogP contribution in [-0.2, 0) is 4.79 Å². The van der Waals surface area contributed by atoms with E-state index in [0.29, 0.717) is 17.4 Å². The molecule has 0 aliphatic heterocycles. The SMILES string of the molecule is COc1ccc([C@@H](CNC(=O)/C=C/c2c(Cl)nc3ccccn23)N(C)C)cc1. The van der Waals surface area contributed by atoms with Crippen molar-refractivity contribution in [3.63, 3.8) is 0 Å². The maximum Gasteiger partial charge on any atom is 0.244 e. The molecule has 0 aliphatic rings. The van der Waals surface area contributed by atoms with E-state index in [2.05, 4.69) is 15.2 Å². The van der Waals surface area contributed by atoms with Crippen LogP contribution in [0, 0.1) is 0 Å². The van der Waals surface area contributed by atoms with Gasteiger partial charge in [0.05, 0.1) is 18.8 Å². The molecular weight excluding hydrogens is 376 g/mol. The number of benzene rings is 1. The van der Waals surface area contributed by atoms with E-state index in [9.17, 15) is 4.79 Å². The Morgan fingerprint density at radius 2 is 2.04 bits per heavy atom. The highest BCUT2D eigenvalue weighted by molar-refractivity contribution is 6.31. The van der Waals surface area contributed by atoms with Gasteiger partial charge in [0.15, 0.2) is 5.15 Å². The number of likely N-dealkylation sites (N-methyl/N-ethyl adjacent to an activating group) is 1.